The van der Waals surface area contributed by atoms with E-state index in [1.165, 1.54) is 0 Å². The maximum atomic E-state index is 12.3. The lowest BCUT2D eigenvalue weighted by atomic mass is 9.94. The molecule has 2 N–H and O–H groups in total. The van der Waals surface area contributed by atoms with Crippen molar-refractivity contribution in [1.29, 1.82) is 0 Å². The minimum absolute atomic E-state index is 2.79. The molecule has 92 valence electrons. The Morgan fingerprint density at radius 2 is 1.00 bits per heavy atom. The Kier molecular flexibility index (Phi) is 3.29. The minimum atomic E-state index is -6.66. The molecule has 0 saturated carbocycles. The van der Waals surface area contributed by atoms with Gasteiger partial charge in [0.1, 0.15) is 6.61 Å². The van der Waals surface area contributed by atoms with Crippen molar-refractivity contribution in [1.82, 2.24) is 0 Å². The quantitative estimate of drug-likeness (QED) is 0.726. The number of hydrogen-bond donors (Lipinski definition) is 2. The summed E-state index contributed by atoms with van der Waals surface area (Å²) in [4.78, 5) is 0. The summed E-state index contributed by atoms with van der Waals surface area (Å²) in [6.07, 6.45) is -13.3. The molecule has 0 radical (unpaired) electrons. The van der Waals surface area contributed by atoms with E-state index in [1.807, 2.05) is 0 Å². The second-order valence-corrected chi connectivity index (χ2v) is 2.57. The van der Waals surface area contributed by atoms with Crippen molar-refractivity contribution in [2.45, 2.75) is 23.9 Å². The predicted molar refractivity (Wildman–Crippen MR) is 29.1 cm³/mol. The van der Waals surface area contributed by atoms with Crippen molar-refractivity contribution in [3.8, 4) is 0 Å². The summed E-state index contributed by atoms with van der Waals surface area (Å²) in [6.45, 7) is -2.79. The Morgan fingerprint density at radius 3 is 1.07 bits per heavy atom. The second-order valence-electron chi connectivity index (χ2n) is 2.57. The maximum Gasteiger partial charge on any atom is 0.432 e. The number of rotatable bonds is 2. The van der Waals surface area contributed by atoms with Crippen LogP contribution in [0.3, 0.4) is 0 Å². The van der Waals surface area contributed by atoms with Crippen LogP contribution in [0.2, 0.25) is 0 Å². The standard InChI is InChI=1S/C5H4F8O2/c6-2(7,1-14)3(15,4(8,9)10)5(11,12)13/h14-15H,1H2. The molecule has 10 heteroatoms. The number of aliphatic hydroxyl groups excluding tert-OH is 1. The molecule has 0 aliphatic carbocycles. The second kappa shape index (κ2) is 3.44. The number of halogens is 8. The molecule has 0 aromatic carbocycles. The van der Waals surface area contributed by atoms with Crippen molar-refractivity contribution in [3.63, 3.8) is 0 Å². The lowest BCUT2D eigenvalue weighted by molar-refractivity contribution is -0.425. The summed E-state index contributed by atoms with van der Waals surface area (Å²) >= 11 is 0. The molecule has 0 bridgehead atoms. The van der Waals surface area contributed by atoms with Gasteiger partial charge in [0, 0.05) is 0 Å². The predicted octanol–water partition coefficient (Wildman–Crippen LogP) is 1.47. The van der Waals surface area contributed by atoms with Crippen LogP contribution in [-0.4, -0.2) is 40.7 Å². The Labute approximate surface area is 77.1 Å². The van der Waals surface area contributed by atoms with Crippen molar-refractivity contribution >= 4 is 0 Å². The van der Waals surface area contributed by atoms with Gasteiger partial charge in [0.15, 0.2) is 0 Å². The summed E-state index contributed by atoms with van der Waals surface area (Å²) < 4.78 is 94.8. The summed E-state index contributed by atoms with van der Waals surface area (Å²) in [6, 6.07) is 0. The van der Waals surface area contributed by atoms with E-state index in [0.717, 1.165) is 0 Å². The minimum Gasteiger partial charge on any atom is -0.390 e. The largest absolute Gasteiger partial charge is 0.432 e. The van der Waals surface area contributed by atoms with Crippen LogP contribution in [0.1, 0.15) is 0 Å². The Morgan fingerprint density at radius 1 is 0.733 bits per heavy atom. The molecule has 0 saturated heterocycles. The van der Waals surface area contributed by atoms with Gasteiger partial charge in [0.25, 0.3) is 0 Å². The summed E-state index contributed by atoms with van der Waals surface area (Å²) in [7, 11) is 0. The zero-order valence-corrected chi connectivity index (χ0v) is 6.63. The van der Waals surface area contributed by atoms with Gasteiger partial charge in [0.05, 0.1) is 0 Å². The van der Waals surface area contributed by atoms with Gasteiger partial charge in [0.2, 0.25) is 0 Å². The van der Waals surface area contributed by atoms with Gasteiger partial charge in [-0.25, -0.2) is 8.78 Å². The fraction of sp³-hybridized carbons (Fsp3) is 1.00. The van der Waals surface area contributed by atoms with E-state index in [0.29, 0.717) is 0 Å². The molecule has 2 nitrogen and oxygen atoms in total. The Balaban J connectivity index is 5.65. The first kappa shape index (κ1) is 14.4. The lowest BCUT2D eigenvalue weighted by Gasteiger charge is -2.37. The molecular formula is C5H4F8O2. The molecule has 0 fully saturated rings. The van der Waals surface area contributed by atoms with E-state index in [2.05, 4.69) is 0 Å². The highest BCUT2D eigenvalue weighted by molar-refractivity contribution is 5.04. The van der Waals surface area contributed by atoms with E-state index in [4.69, 9.17) is 10.2 Å². The molecule has 0 atom stereocenters. The van der Waals surface area contributed by atoms with Crippen molar-refractivity contribution < 1.29 is 45.3 Å². The van der Waals surface area contributed by atoms with Crippen LogP contribution in [0.5, 0.6) is 0 Å². The van der Waals surface area contributed by atoms with Crippen LogP contribution in [0.15, 0.2) is 0 Å². The molecule has 0 aliphatic rings. The number of aliphatic hydroxyl groups is 2. The molecule has 0 rings (SSSR count). The molecule has 0 amide bonds. The van der Waals surface area contributed by atoms with Crippen LogP contribution in [0.4, 0.5) is 35.1 Å². The first-order valence-electron chi connectivity index (χ1n) is 3.16. The SMILES string of the molecule is OCC(F)(F)C(O)(C(F)(F)F)C(F)(F)F. The Hall–Kier alpha value is -0.640. The molecule has 0 unspecified atom stereocenters. The zero-order valence-electron chi connectivity index (χ0n) is 6.63. The van der Waals surface area contributed by atoms with Crippen LogP contribution >= 0.6 is 0 Å². The average molecular weight is 248 g/mol. The van der Waals surface area contributed by atoms with E-state index >= 15 is 0 Å². The monoisotopic (exact) mass is 248 g/mol. The average Bonchev–Trinajstić information content (AvgIpc) is 1.98. The topological polar surface area (TPSA) is 40.5 Å². The molecular weight excluding hydrogens is 244 g/mol. The highest BCUT2D eigenvalue weighted by Crippen LogP contribution is 2.51. The summed E-state index contributed by atoms with van der Waals surface area (Å²) in [5, 5.41) is 15.8. The van der Waals surface area contributed by atoms with Gasteiger partial charge in [-0.05, 0) is 0 Å². The van der Waals surface area contributed by atoms with Crippen LogP contribution in [-0.2, 0) is 0 Å². The fourth-order valence-electron chi connectivity index (χ4n) is 0.690. The Bertz CT molecular complexity index is 214. The molecule has 0 heterocycles. The van der Waals surface area contributed by atoms with Crippen LogP contribution in [0, 0.1) is 0 Å². The summed E-state index contributed by atoms with van der Waals surface area (Å²) in [5.41, 5.74) is -6.26. The molecule has 0 spiro atoms. The van der Waals surface area contributed by atoms with Gasteiger partial charge in [-0.15, -0.1) is 0 Å². The third kappa shape index (κ3) is 2.00. The van der Waals surface area contributed by atoms with E-state index in [-0.39, 0.29) is 0 Å². The first-order valence-corrected chi connectivity index (χ1v) is 3.16. The van der Waals surface area contributed by atoms with E-state index in [9.17, 15) is 35.1 Å². The normalized spacial score (nSPS) is 15.6. The highest BCUT2D eigenvalue weighted by atomic mass is 19.4. The first-order chi connectivity index (χ1) is 6.31. The van der Waals surface area contributed by atoms with Crippen LogP contribution in [0.25, 0.3) is 0 Å². The smallest absolute Gasteiger partial charge is 0.390 e. The number of hydrogen-bond acceptors (Lipinski definition) is 2. The third-order valence-electron chi connectivity index (χ3n) is 1.55. The van der Waals surface area contributed by atoms with Gasteiger partial charge >= 0.3 is 23.9 Å². The fourth-order valence-corrected chi connectivity index (χ4v) is 0.690. The molecule has 0 aliphatic heterocycles. The molecule has 0 aromatic heterocycles. The van der Waals surface area contributed by atoms with Gasteiger partial charge in [-0.1, -0.05) is 0 Å². The van der Waals surface area contributed by atoms with Crippen molar-refractivity contribution in [2.24, 2.45) is 0 Å². The van der Waals surface area contributed by atoms with Crippen LogP contribution < -0.4 is 0 Å². The third-order valence-corrected chi connectivity index (χ3v) is 1.55. The van der Waals surface area contributed by atoms with Crippen molar-refractivity contribution in [3.05, 3.63) is 0 Å². The van der Waals surface area contributed by atoms with Gasteiger partial charge < -0.3 is 10.2 Å². The highest BCUT2D eigenvalue weighted by Gasteiger charge is 2.82. The van der Waals surface area contributed by atoms with Gasteiger partial charge in [-0.2, -0.15) is 26.3 Å². The molecule has 0 aromatic rings. The maximum absolute atomic E-state index is 12.3. The van der Waals surface area contributed by atoms with Crippen molar-refractivity contribution in [2.75, 3.05) is 6.61 Å². The van der Waals surface area contributed by atoms with Gasteiger partial charge in [-0.3, -0.25) is 0 Å². The van der Waals surface area contributed by atoms with E-state index in [1.54, 1.807) is 0 Å². The lowest BCUT2D eigenvalue weighted by Crippen LogP contribution is -2.68. The summed E-state index contributed by atoms with van der Waals surface area (Å²) in [5.74, 6) is -5.77. The number of alkyl halides is 8. The van der Waals surface area contributed by atoms with E-state index < -0.39 is 30.5 Å². The molecule has 15 heavy (non-hydrogen) atoms. The zero-order chi connectivity index (χ0) is 12.7.